The van der Waals surface area contributed by atoms with Gasteiger partial charge in [0.1, 0.15) is 29.5 Å². The highest BCUT2D eigenvalue weighted by Crippen LogP contribution is 2.38. The summed E-state index contributed by atoms with van der Waals surface area (Å²) in [7, 11) is 4.09. The number of amides is 4. The summed E-state index contributed by atoms with van der Waals surface area (Å²) < 4.78 is 15.2. The van der Waals surface area contributed by atoms with Gasteiger partial charge in [-0.25, -0.2) is 19.6 Å². The summed E-state index contributed by atoms with van der Waals surface area (Å²) in [6.45, 7) is 7.02. The van der Waals surface area contributed by atoms with E-state index in [9.17, 15) is 19.2 Å². The van der Waals surface area contributed by atoms with Gasteiger partial charge in [0.2, 0.25) is 5.91 Å². The lowest BCUT2D eigenvalue weighted by atomic mass is 9.98. The number of aromatic amines is 2. The van der Waals surface area contributed by atoms with Gasteiger partial charge in [0, 0.05) is 24.2 Å². The van der Waals surface area contributed by atoms with Gasteiger partial charge in [-0.3, -0.25) is 9.59 Å². The largest absolute Gasteiger partial charge is 0.496 e. The third-order valence-electron chi connectivity index (χ3n) is 12.4. The van der Waals surface area contributed by atoms with Crippen molar-refractivity contribution in [2.45, 2.75) is 64.2 Å². The number of fused-ring (bicyclic) bond motifs is 1. The van der Waals surface area contributed by atoms with Gasteiger partial charge in [0.15, 0.2) is 0 Å². The van der Waals surface area contributed by atoms with Crippen molar-refractivity contribution in [1.82, 2.24) is 40.4 Å². The van der Waals surface area contributed by atoms with E-state index in [1.54, 1.807) is 29.3 Å². The number of para-hydroxylation sites is 1. The molecule has 0 bridgehead atoms. The van der Waals surface area contributed by atoms with Crippen LogP contribution in [0.5, 0.6) is 5.75 Å². The molecule has 332 valence electrons. The smallest absolute Gasteiger partial charge is 0.407 e. The number of H-pyrrole nitrogens is 2. The average molecular weight is 867 g/mol. The molecule has 15 nitrogen and oxygen atoms in total. The molecule has 64 heavy (non-hydrogen) atoms. The number of ether oxygens (including phenoxy) is 3. The molecule has 15 heteroatoms. The lowest BCUT2D eigenvalue weighted by Crippen LogP contribution is -2.51. The normalized spacial score (nSPS) is 18.2. The molecule has 0 spiro atoms. The molecule has 2 aliphatic rings. The van der Waals surface area contributed by atoms with Crippen molar-refractivity contribution in [3.63, 3.8) is 0 Å². The quantitative estimate of drug-likeness (QED) is 0.0939. The van der Waals surface area contributed by atoms with Gasteiger partial charge in [0.05, 0.1) is 57.2 Å². The van der Waals surface area contributed by atoms with Crippen LogP contribution in [0.15, 0.2) is 97.3 Å². The third kappa shape index (κ3) is 8.87. The van der Waals surface area contributed by atoms with E-state index >= 15 is 0 Å². The van der Waals surface area contributed by atoms with Gasteiger partial charge < -0.3 is 44.6 Å². The lowest BCUT2D eigenvalue weighted by Gasteiger charge is -2.30. The topological polar surface area (TPSA) is 184 Å². The van der Waals surface area contributed by atoms with Crippen LogP contribution in [0.25, 0.3) is 44.4 Å². The number of nitrogens with zero attached hydrogens (tertiary/aromatic N) is 4. The summed E-state index contributed by atoms with van der Waals surface area (Å²) in [5.41, 5.74) is 6.31. The van der Waals surface area contributed by atoms with Crippen molar-refractivity contribution >= 4 is 34.8 Å². The first-order valence-corrected chi connectivity index (χ1v) is 21.6. The van der Waals surface area contributed by atoms with Crippen molar-refractivity contribution in [3.8, 4) is 39.4 Å². The van der Waals surface area contributed by atoms with Crippen LogP contribution in [0.4, 0.5) is 9.59 Å². The maximum absolute atomic E-state index is 14.1. The highest BCUT2D eigenvalue weighted by molar-refractivity contribution is 5.91. The zero-order valence-corrected chi connectivity index (χ0v) is 36.9. The monoisotopic (exact) mass is 866 g/mol. The Bertz CT molecular complexity index is 2660. The predicted molar refractivity (Wildman–Crippen MR) is 242 cm³/mol. The maximum atomic E-state index is 14.1. The molecule has 0 radical (unpaired) electrons. The first kappa shape index (κ1) is 43.5. The molecular weight excluding hydrogens is 813 g/mol. The molecule has 0 saturated carbocycles. The standard InChI is InChI=1S/C49H54N8O7/c1-28(2)42(54-48(60)63-5)46(58)57-27-29(3)22-40(57)45-51-26-38(53-45)35-20-19-33-23-32(17-18-34(33)24-35)30-13-15-31(16-14-30)37-25-50-44(52-37)39-11-9-21-56(39)47(59)43(55-49(61)64-6)36-10-7-8-12-41(36)62-4/h7-8,10,12-20,23-26,28-29,39-40,42-43H,9,11,21-22,27H2,1-6H3,(H,50,52)(H,51,53)(H,54,60)(H,55,61)/t29-,39+,40+,42?,43-/m1/s1. The number of hydrogen-bond donors (Lipinski definition) is 4. The highest BCUT2D eigenvalue weighted by Gasteiger charge is 2.41. The molecule has 0 aliphatic carbocycles. The number of carbonyl (C=O) groups excluding carboxylic acids is 4. The number of carbonyl (C=O) groups is 4. The van der Waals surface area contributed by atoms with E-state index in [1.807, 2.05) is 31.0 Å². The van der Waals surface area contributed by atoms with Crippen LogP contribution in [0.2, 0.25) is 0 Å². The molecule has 4 N–H and O–H groups in total. The number of methoxy groups -OCH3 is 3. The summed E-state index contributed by atoms with van der Waals surface area (Å²) in [6.07, 6.45) is 4.54. The van der Waals surface area contributed by atoms with Crippen LogP contribution in [-0.4, -0.2) is 94.2 Å². The van der Waals surface area contributed by atoms with Gasteiger partial charge >= 0.3 is 12.2 Å². The van der Waals surface area contributed by atoms with Crippen LogP contribution in [0, 0.1) is 11.8 Å². The second kappa shape index (κ2) is 18.7. The second-order valence-electron chi connectivity index (χ2n) is 16.9. The van der Waals surface area contributed by atoms with E-state index in [0.29, 0.717) is 30.2 Å². The van der Waals surface area contributed by atoms with E-state index in [2.05, 4.69) is 88.2 Å². The Morgan fingerprint density at radius 2 is 1.30 bits per heavy atom. The van der Waals surface area contributed by atoms with Crippen molar-refractivity contribution in [1.29, 1.82) is 0 Å². The van der Waals surface area contributed by atoms with E-state index < -0.39 is 24.3 Å². The molecule has 1 unspecified atom stereocenters. The van der Waals surface area contributed by atoms with E-state index in [-0.39, 0.29) is 35.7 Å². The molecule has 2 saturated heterocycles. The van der Waals surface area contributed by atoms with Crippen LogP contribution in [-0.2, 0) is 19.1 Å². The fourth-order valence-electron chi connectivity index (χ4n) is 9.00. The molecule has 8 rings (SSSR count). The molecule has 4 amide bonds. The van der Waals surface area contributed by atoms with Crippen LogP contribution in [0.3, 0.4) is 0 Å². The van der Waals surface area contributed by atoms with E-state index in [4.69, 9.17) is 24.2 Å². The summed E-state index contributed by atoms with van der Waals surface area (Å²) in [5.74, 6) is 1.62. The highest BCUT2D eigenvalue weighted by atomic mass is 16.5. The second-order valence-corrected chi connectivity index (χ2v) is 16.9. The van der Waals surface area contributed by atoms with Gasteiger partial charge in [-0.1, -0.05) is 87.5 Å². The molecule has 2 aliphatic heterocycles. The fourth-order valence-corrected chi connectivity index (χ4v) is 9.00. The number of benzene rings is 4. The predicted octanol–water partition coefficient (Wildman–Crippen LogP) is 8.35. The first-order chi connectivity index (χ1) is 31.0. The molecule has 2 fully saturated rings. The van der Waals surface area contributed by atoms with Crippen molar-refractivity contribution in [2.24, 2.45) is 11.8 Å². The average Bonchev–Trinajstić information content (AvgIpc) is 4.16. The van der Waals surface area contributed by atoms with Gasteiger partial charge in [0.25, 0.3) is 5.91 Å². The fraction of sp³-hybridized carbons (Fsp3) is 0.347. The number of alkyl carbamates (subject to hydrolysis) is 2. The van der Waals surface area contributed by atoms with Crippen molar-refractivity contribution < 1.29 is 33.4 Å². The van der Waals surface area contributed by atoms with Crippen LogP contribution in [0.1, 0.15) is 75.4 Å². The summed E-state index contributed by atoms with van der Waals surface area (Å²) in [5, 5.41) is 7.60. The number of likely N-dealkylation sites (tertiary alicyclic amines) is 2. The number of imidazole rings is 2. The first-order valence-electron chi connectivity index (χ1n) is 21.6. The molecule has 5 atom stereocenters. The van der Waals surface area contributed by atoms with Crippen LogP contribution >= 0.6 is 0 Å². The Morgan fingerprint density at radius 3 is 1.97 bits per heavy atom. The van der Waals surface area contributed by atoms with E-state index in [0.717, 1.165) is 69.5 Å². The number of nitrogens with one attached hydrogen (secondary N) is 4. The Labute approximate surface area is 371 Å². The Kier molecular flexibility index (Phi) is 12.7. The minimum absolute atomic E-state index is 0.120. The molecule has 4 heterocycles. The Morgan fingerprint density at radius 1 is 0.703 bits per heavy atom. The van der Waals surface area contributed by atoms with Crippen molar-refractivity contribution in [3.05, 3.63) is 115 Å². The minimum Gasteiger partial charge on any atom is -0.496 e. The number of rotatable bonds is 12. The number of aromatic nitrogens is 4. The van der Waals surface area contributed by atoms with Gasteiger partial charge in [-0.2, -0.15) is 0 Å². The molecule has 6 aromatic rings. The molecular formula is C49H54N8O7. The lowest BCUT2D eigenvalue weighted by molar-refractivity contribution is -0.136. The Balaban J connectivity index is 0.953. The molecule has 2 aromatic heterocycles. The minimum atomic E-state index is -1.01. The van der Waals surface area contributed by atoms with Gasteiger partial charge in [-0.15, -0.1) is 0 Å². The summed E-state index contributed by atoms with van der Waals surface area (Å²) >= 11 is 0. The zero-order valence-electron chi connectivity index (χ0n) is 36.9. The molecule has 4 aromatic carbocycles. The number of hydrogen-bond acceptors (Lipinski definition) is 9. The van der Waals surface area contributed by atoms with Crippen LogP contribution < -0.4 is 15.4 Å². The SMILES string of the molecule is COC(=O)NC(C(=O)N1C[C@H](C)C[C@H]1c1ncc(-c2ccc3cc(-c4ccc(-c5cnc([C@@H]6CCCN6C(=O)[C@H](NC(=O)OC)c6ccccc6OC)[nH]5)cc4)ccc3c2)[nH]1)C(C)C. The Hall–Kier alpha value is -7.16. The maximum Gasteiger partial charge on any atom is 0.407 e. The summed E-state index contributed by atoms with van der Waals surface area (Å²) in [6, 6.07) is 25.9. The third-order valence-corrected chi connectivity index (χ3v) is 12.4. The zero-order chi connectivity index (χ0) is 45.1. The van der Waals surface area contributed by atoms with Gasteiger partial charge in [-0.05, 0) is 76.8 Å². The van der Waals surface area contributed by atoms with Crippen molar-refractivity contribution in [2.75, 3.05) is 34.4 Å². The van der Waals surface area contributed by atoms with E-state index in [1.165, 1.54) is 21.3 Å². The summed E-state index contributed by atoms with van der Waals surface area (Å²) in [4.78, 5) is 72.4.